The molecule has 1 aromatic heterocycles. The first kappa shape index (κ1) is 14.4. The van der Waals surface area contributed by atoms with E-state index in [-0.39, 0.29) is 11.3 Å². The molecule has 1 aliphatic heterocycles. The zero-order valence-corrected chi connectivity index (χ0v) is 14.1. The van der Waals surface area contributed by atoms with Gasteiger partial charge in [0, 0.05) is 28.1 Å². The number of halogens is 1. The number of hydrogen-bond acceptors (Lipinski definition) is 1. The number of nitrogens with zero attached hydrogens (tertiary/aromatic N) is 1. The van der Waals surface area contributed by atoms with E-state index in [9.17, 15) is 4.79 Å². The van der Waals surface area contributed by atoms with Crippen molar-refractivity contribution in [1.29, 1.82) is 0 Å². The smallest absolute Gasteiger partial charge is 0.253 e. The average Bonchev–Trinajstić information content (AvgIpc) is 2.68. The van der Waals surface area contributed by atoms with Gasteiger partial charge in [0.25, 0.3) is 5.91 Å². The van der Waals surface area contributed by atoms with Crippen LogP contribution in [0.3, 0.4) is 0 Å². The molecule has 0 radical (unpaired) electrons. The lowest BCUT2D eigenvalue weighted by Crippen LogP contribution is -2.31. The number of aromatic nitrogens is 1. The standard InChI is InChI=1S/C17H19BrN2O/c1-11-8-14-15(9-17(2,3)10-19-16(14)21)20(11)13-6-4-12(18)5-7-13/h4-8H,9-10H2,1-3H3,(H,19,21). The number of nitrogens with one attached hydrogen (secondary N) is 1. The number of carbonyl (C=O) groups excluding carboxylic acids is 1. The van der Waals surface area contributed by atoms with E-state index in [0.717, 1.165) is 33.5 Å². The van der Waals surface area contributed by atoms with E-state index < -0.39 is 0 Å². The topological polar surface area (TPSA) is 34.0 Å². The molecule has 0 spiro atoms. The SMILES string of the molecule is Cc1cc2c(n1-c1ccc(Br)cc1)CC(C)(C)CNC2=O. The molecule has 1 N–H and O–H groups in total. The van der Waals surface area contributed by atoms with Crippen LogP contribution in [0.15, 0.2) is 34.8 Å². The molecule has 2 aromatic rings. The molecule has 3 nitrogen and oxygen atoms in total. The van der Waals surface area contributed by atoms with Crippen LogP contribution < -0.4 is 5.32 Å². The van der Waals surface area contributed by atoms with Crippen LogP contribution in [-0.4, -0.2) is 17.0 Å². The summed E-state index contributed by atoms with van der Waals surface area (Å²) in [7, 11) is 0. The normalized spacial score (nSPS) is 17.0. The molecule has 3 rings (SSSR count). The van der Waals surface area contributed by atoms with Crippen LogP contribution in [0, 0.1) is 12.3 Å². The van der Waals surface area contributed by atoms with Crippen molar-refractivity contribution in [3.63, 3.8) is 0 Å². The summed E-state index contributed by atoms with van der Waals surface area (Å²) in [4.78, 5) is 12.3. The quantitative estimate of drug-likeness (QED) is 0.835. The first-order valence-corrected chi connectivity index (χ1v) is 7.92. The Hall–Kier alpha value is -1.55. The monoisotopic (exact) mass is 346 g/mol. The number of benzene rings is 1. The minimum Gasteiger partial charge on any atom is -0.351 e. The van der Waals surface area contributed by atoms with Crippen molar-refractivity contribution in [2.45, 2.75) is 27.2 Å². The van der Waals surface area contributed by atoms with Crippen LogP contribution >= 0.6 is 15.9 Å². The Morgan fingerprint density at radius 3 is 2.57 bits per heavy atom. The van der Waals surface area contributed by atoms with Gasteiger partial charge in [-0.05, 0) is 49.1 Å². The van der Waals surface area contributed by atoms with Crippen molar-refractivity contribution >= 4 is 21.8 Å². The van der Waals surface area contributed by atoms with E-state index in [1.54, 1.807) is 0 Å². The summed E-state index contributed by atoms with van der Waals surface area (Å²) in [6.07, 6.45) is 0.880. The van der Waals surface area contributed by atoms with Gasteiger partial charge in [0.05, 0.1) is 5.56 Å². The Labute approximate surface area is 133 Å². The van der Waals surface area contributed by atoms with Crippen LogP contribution in [0.5, 0.6) is 0 Å². The van der Waals surface area contributed by atoms with E-state index in [4.69, 9.17) is 0 Å². The number of amides is 1. The molecular formula is C17H19BrN2O. The molecule has 1 amide bonds. The van der Waals surface area contributed by atoms with Crippen LogP contribution in [0.4, 0.5) is 0 Å². The van der Waals surface area contributed by atoms with Crippen molar-refractivity contribution < 1.29 is 4.79 Å². The van der Waals surface area contributed by atoms with Crippen LogP contribution in [0.2, 0.25) is 0 Å². The molecule has 0 saturated carbocycles. The molecule has 0 saturated heterocycles. The molecule has 0 bridgehead atoms. The highest BCUT2D eigenvalue weighted by Crippen LogP contribution is 2.31. The highest BCUT2D eigenvalue weighted by atomic mass is 79.9. The first-order chi connectivity index (χ1) is 9.87. The molecule has 110 valence electrons. The fourth-order valence-electron chi connectivity index (χ4n) is 2.94. The molecule has 21 heavy (non-hydrogen) atoms. The maximum Gasteiger partial charge on any atom is 0.253 e. The lowest BCUT2D eigenvalue weighted by molar-refractivity contribution is 0.0945. The van der Waals surface area contributed by atoms with Gasteiger partial charge in [0.15, 0.2) is 0 Å². The number of hydrogen-bond donors (Lipinski definition) is 1. The maximum absolute atomic E-state index is 12.3. The third kappa shape index (κ3) is 2.64. The molecule has 1 aromatic carbocycles. The van der Waals surface area contributed by atoms with E-state index in [2.05, 4.69) is 58.7 Å². The fraction of sp³-hybridized carbons (Fsp3) is 0.353. The van der Waals surface area contributed by atoms with Gasteiger partial charge in [-0.25, -0.2) is 0 Å². The predicted molar refractivity (Wildman–Crippen MR) is 88.0 cm³/mol. The van der Waals surface area contributed by atoms with Gasteiger partial charge in [-0.1, -0.05) is 29.8 Å². The van der Waals surface area contributed by atoms with Crippen molar-refractivity contribution in [3.8, 4) is 5.69 Å². The zero-order valence-electron chi connectivity index (χ0n) is 12.5. The summed E-state index contributed by atoms with van der Waals surface area (Å²) >= 11 is 3.47. The van der Waals surface area contributed by atoms with Gasteiger partial charge in [0.2, 0.25) is 0 Å². The summed E-state index contributed by atoms with van der Waals surface area (Å²) < 4.78 is 3.26. The summed E-state index contributed by atoms with van der Waals surface area (Å²) in [6.45, 7) is 7.14. The van der Waals surface area contributed by atoms with Gasteiger partial charge in [-0.15, -0.1) is 0 Å². The van der Waals surface area contributed by atoms with Crippen LogP contribution in [0.25, 0.3) is 5.69 Å². The second-order valence-electron chi connectivity index (χ2n) is 6.48. The van der Waals surface area contributed by atoms with E-state index in [1.807, 2.05) is 18.2 Å². The Kier molecular flexibility index (Phi) is 3.44. The summed E-state index contributed by atoms with van der Waals surface area (Å²) in [6, 6.07) is 10.2. The summed E-state index contributed by atoms with van der Waals surface area (Å²) in [5, 5.41) is 3.03. The number of rotatable bonds is 1. The molecule has 4 heteroatoms. The van der Waals surface area contributed by atoms with Crippen molar-refractivity contribution in [2.75, 3.05) is 6.54 Å². The first-order valence-electron chi connectivity index (χ1n) is 7.13. The molecular weight excluding hydrogens is 328 g/mol. The van der Waals surface area contributed by atoms with E-state index >= 15 is 0 Å². The minimum atomic E-state index is 0.0366. The van der Waals surface area contributed by atoms with Gasteiger partial charge in [-0.3, -0.25) is 4.79 Å². The van der Waals surface area contributed by atoms with Gasteiger partial charge in [0.1, 0.15) is 0 Å². The second kappa shape index (κ2) is 5.02. The summed E-state index contributed by atoms with van der Waals surface area (Å²) in [5.41, 5.74) is 4.16. The van der Waals surface area contributed by atoms with Gasteiger partial charge >= 0.3 is 0 Å². The van der Waals surface area contributed by atoms with E-state index in [0.29, 0.717) is 6.54 Å². The highest BCUT2D eigenvalue weighted by molar-refractivity contribution is 9.10. The second-order valence-corrected chi connectivity index (χ2v) is 7.40. The highest BCUT2D eigenvalue weighted by Gasteiger charge is 2.30. The average molecular weight is 347 g/mol. The molecule has 0 unspecified atom stereocenters. The summed E-state index contributed by atoms with van der Waals surface area (Å²) in [5.74, 6) is 0.0366. The third-order valence-corrected chi connectivity index (χ3v) is 4.52. The Morgan fingerprint density at radius 1 is 1.24 bits per heavy atom. The van der Waals surface area contributed by atoms with E-state index in [1.165, 1.54) is 0 Å². The molecule has 0 fully saturated rings. The van der Waals surface area contributed by atoms with Crippen molar-refractivity contribution in [2.24, 2.45) is 5.41 Å². The lowest BCUT2D eigenvalue weighted by Gasteiger charge is -2.23. The minimum absolute atomic E-state index is 0.0366. The molecule has 2 heterocycles. The Morgan fingerprint density at radius 2 is 1.90 bits per heavy atom. The van der Waals surface area contributed by atoms with Crippen molar-refractivity contribution in [1.82, 2.24) is 9.88 Å². The predicted octanol–water partition coefficient (Wildman–Crippen LogP) is 3.86. The number of fused-ring (bicyclic) bond motifs is 1. The van der Waals surface area contributed by atoms with Crippen LogP contribution in [-0.2, 0) is 6.42 Å². The number of aryl methyl sites for hydroxylation is 1. The molecule has 0 aliphatic carbocycles. The van der Waals surface area contributed by atoms with Gasteiger partial charge < -0.3 is 9.88 Å². The van der Waals surface area contributed by atoms with Crippen molar-refractivity contribution in [3.05, 3.63) is 51.8 Å². The number of carbonyl (C=O) groups is 1. The Bertz CT molecular complexity index is 698. The third-order valence-electron chi connectivity index (χ3n) is 3.99. The largest absolute Gasteiger partial charge is 0.351 e. The maximum atomic E-state index is 12.3. The van der Waals surface area contributed by atoms with Gasteiger partial charge in [-0.2, -0.15) is 0 Å². The molecule has 0 atom stereocenters. The fourth-order valence-corrected chi connectivity index (χ4v) is 3.21. The molecule has 1 aliphatic rings. The van der Waals surface area contributed by atoms with Crippen LogP contribution in [0.1, 0.15) is 35.6 Å². The zero-order chi connectivity index (χ0) is 15.2. The lowest BCUT2D eigenvalue weighted by atomic mass is 9.88. The Balaban J connectivity index is 2.19.